The zero-order chi connectivity index (χ0) is 11.2. The molecule has 1 aliphatic rings. The molecule has 0 amide bonds. The topological polar surface area (TPSA) is 51.3 Å². The Morgan fingerprint density at radius 2 is 2.19 bits per heavy atom. The highest BCUT2D eigenvalue weighted by atomic mass is 14.9. The van der Waals surface area contributed by atoms with Crippen molar-refractivity contribution in [2.45, 2.75) is 32.1 Å². The predicted octanol–water partition coefficient (Wildman–Crippen LogP) is 2.17. The van der Waals surface area contributed by atoms with Crippen molar-refractivity contribution in [2.24, 2.45) is 16.6 Å². The summed E-state index contributed by atoms with van der Waals surface area (Å²) in [6.45, 7) is 0.763. The van der Waals surface area contributed by atoms with E-state index in [0.717, 1.165) is 24.5 Å². The molecule has 1 fully saturated rings. The minimum Gasteiger partial charge on any atom is -0.387 e. The maximum absolute atomic E-state index is 5.97. The van der Waals surface area contributed by atoms with E-state index in [4.69, 9.17) is 5.73 Å². The van der Waals surface area contributed by atoms with E-state index in [-0.39, 0.29) is 0 Å². The number of hydrogen-bond donors (Lipinski definition) is 1. The lowest BCUT2D eigenvalue weighted by atomic mass is 10.1. The second-order valence-electron chi connectivity index (χ2n) is 4.36. The van der Waals surface area contributed by atoms with Gasteiger partial charge in [-0.1, -0.05) is 18.9 Å². The minimum atomic E-state index is 0.545. The van der Waals surface area contributed by atoms with Gasteiger partial charge in [-0.25, -0.2) is 0 Å². The fourth-order valence-corrected chi connectivity index (χ4v) is 2.20. The quantitative estimate of drug-likeness (QED) is 0.620. The van der Waals surface area contributed by atoms with Gasteiger partial charge in [-0.2, -0.15) is 0 Å². The van der Waals surface area contributed by atoms with E-state index in [2.05, 4.69) is 9.98 Å². The Morgan fingerprint density at radius 1 is 1.38 bits per heavy atom. The molecular formula is C13H19N3. The standard InChI is InChI=1S/C13H19N3/c14-13(11-5-1-2-6-11)16-10-8-12-7-3-4-9-15-12/h3-4,7,9,11H,1-2,5-6,8,10H2,(H2,14,16). The molecule has 2 rings (SSSR count). The van der Waals surface area contributed by atoms with E-state index >= 15 is 0 Å². The van der Waals surface area contributed by atoms with Gasteiger partial charge in [-0.3, -0.25) is 9.98 Å². The maximum atomic E-state index is 5.97. The highest BCUT2D eigenvalue weighted by Crippen LogP contribution is 2.24. The molecule has 1 heterocycles. The summed E-state index contributed by atoms with van der Waals surface area (Å²) < 4.78 is 0. The van der Waals surface area contributed by atoms with Gasteiger partial charge in [0.2, 0.25) is 0 Å². The lowest BCUT2D eigenvalue weighted by Gasteiger charge is -2.07. The fraction of sp³-hybridized carbons (Fsp3) is 0.538. The molecule has 1 aliphatic carbocycles. The summed E-state index contributed by atoms with van der Waals surface area (Å²) in [5.41, 5.74) is 7.06. The Kier molecular flexibility index (Phi) is 3.91. The smallest absolute Gasteiger partial charge is 0.0968 e. The largest absolute Gasteiger partial charge is 0.387 e. The van der Waals surface area contributed by atoms with E-state index in [1.165, 1.54) is 25.7 Å². The number of pyridine rings is 1. The molecule has 0 spiro atoms. The molecular weight excluding hydrogens is 198 g/mol. The summed E-state index contributed by atoms with van der Waals surface area (Å²) >= 11 is 0. The molecule has 0 atom stereocenters. The molecule has 3 heteroatoms. The molecule has 0 bridgehead atoms. The Bertz CT molecular complexity index is 339. The summed E-state index contributed by atoms with van der Waals surface area (Å²) in [5.74, 6) is 1.40. The molecule has 3 nitrogen and oxygen atoms in total. The normalized spacial score (nSPS) is 17.9. The number of rotatable bonds is 4. The van der Waals surface area contributed by atoms with Gasteiger partial charge in [0.05, 0.1) is 5.84 Å². The summed E-state index contributed by atoms with van der Waals surface area (Å²) in [4.78, 5) is 8.72. The predicted molar refractivity (Wildman–Crippen MR) is 66.4 cm³/mol. The number of aromatic nitrogens is 1. The number of aliphatic imine (C=N–C) groups is 1. The van der Waals surface area contributed by atoms with Crippen molar-refractivity contribution in [3.05, 3.63) is 30.1 Å². The van der Waals surface area contributed by atoms with Crippen LogP contribution in [0.2, 0.25) is 0 Å². The summed E-state index contributed by atoms with van der Waals surface area (Å²) in [6, 6.07) is 5.97. The van der Waals surface area contributed by atoms with Gasteiger partial charge in [0.25, 0.3) is 0 Å². The van der Waals surface area contributed by atoms with Crippen LogP contribution in [0.15, 0.2) is 29.4 Å². The third-order valence-electron chi connectivity index (χ3n) is 3.16. The Morgan fingerprint density at radius 3 is 2.88 bits per heavy atom. The van der Waals surface area contributed by atoms with E-state index < -0.39 is 0 Å². The second kappa shape index (κ2) is 5.64. The van der Waals surface area contributed by atoms with Crippen LogP contribution < -0.4 is 5.73 Å². The zero-order valence-electron chi connectivity index (χ0n) is 9.60. The van der Waals surface area contributed by atoms with Crippen LogP contribution in [0.3, 0.4) is 0 Å². The van der Waals surface area contributed by atoms with Crippen LogP contribution in [0.5, 0.6) is 0 Å². The van der Waals surface area contributed by atoms with Gasteiger partial charge in [0.1, 0.15) is 0 Å². The molecule has 1 aromatic heterocycles. The molecule has 0 saturated heterocycles. The average molecular weight is 217 g/mol. The van der Waals surface area contributed by atoms with Crippen molar-refractivity contribution < 1.29 is 0 Å². The van der Waals surface area contributed by atoms with Gasteiger partial charge in [0.15, 0.2) is 0 Å². The molecule has 0 radical (unpaired) electrons. The monoisotopic (exact) mass is 217 g/mol. The molecule has 16 heavy (non-hydrogen) atoms. The lowest BCUT2D eigenvalue weighted by Crippen LogP contribution is -2.22. The van der Waals surface area contributed by atoms with E-state index in [1.807, 2.05) is 24.4 Å². The molecule has 0 aromatic carbocycles. The number of hydrogen-bond acceptors (Lipinski definition) is 2. The van der Waals surface area contributed by atoms with E-state index in [1.54, 1.807) is 0 Å². The molecule has 2 N–H and O–H groups in total. The van der Waals surface area contributed by atoms with Crippen LogP contribution >= 0.6 is 0 Å². The highest BCUT2D eigenvalue weighted by molar-refractivity contribution is 5.83. The second-order valence-corrected chi connectivity index (χ2v) is 4.36. The van der Waals surface area contributed by atoms with E-state index in [9.17, 15) is 0 Å². The zero-order valence-corrected chi connectivity index (χ0v) is 9.60. The SMILES string of the molecule is NC(=NCCc1ccccn1)C1CCCC1. The number of nitrogens with zero attached hydrogens (tertiary/aromatic N) is 2. The molecule has 1 saturated carbocycles. The van der Waals surface area contributed by atoms with Crippen LogP contribution in [-0.2, 0) is 6.42 Å². The molecule has 86 valence electrons. The number of nitrogens with two attached hydrogens (primary N) is 1. The van der Waals surface area contributed by atoms with Crippen molar-refractivity contribution in [1.82, 2.24) is 4.98 Å². The van der Waals surface area contributed by atoms with Crippen molar-refractivity contribution in [3.8, 4) is 0 Å². The van der Waals surface area contributed by atoms with Crippen molar-refractivity contribution in [2.75, 3.05) is 6.54 Å². The van der Waals surface area contributed by atoms with Gasteiger partial charge >= 0.3 is 0 Å². The van der Waals surface area contributed by atoms with Gasteiger partial charge < -0.3 is 5.73 Å². The third kappa shape index (κ3) is 3.05. The van der Waals surface area contributed by atoms with Crippen LogP contribution in [0.4, 0.5) is 0 Å². The summed E-state index contributed by atoms with van der Waals surface area (Å²) in [7, 11) is 0. The van der Waals surface area contributed by atoms with Gasteiger partial charge in [-0.05, 0) is 25.0 Å². The fourth-order valence-electron chi connectivity index (χ4n) is 2.20. The first-order valence-electron chi connectivity index (χ1n) is 6.06. The first kappa shape index (κ1) is 11.1. The minimum absolute atomic E-state index is 0.545. The number of amidine groups is 1. The summed E-state index contributed by atoms with van der Waals surface area (Å²) in [5, 5.41) is 0. The Labute approximate surface area is 96.8 Å². The van der Waals surface area contributed by atoms with Crippen LogP contribution in [0.1, 0.15) is 31.4 Å². The van der Waals surface area contributed by atoms with Crippen LogP contribution in [0.25, 0.3) is 0 Å². The van der Waals surface area contributed by atoms with Crippen molar-refractivity contribution in [3.63, 3.8) is 0 Å². The molecule has 0 aliphatic heterocycles. The van der Waals surface area contributed by atoms with Crippen LogP contribution in [-0.4, -0.2) is 17.4 Å². The lowest BCUT2D eigenvalue weighted by molar-refractivity contribution is 0.714. The van der Waals surface area contributed by atoms with Crippen LogP contribution in [0, 0.1) is 5.92 Å². The Balaban J connectivity index is 1.80. The first-order valence-corrected chi connectivity index (χ1v) is 6.06. The summed E-state index contributed by atoms with van der Waals surface area (Å²) in [6.07, 6.45) is 7.76. The molecule has 0 unspecified atom stereocenters. The maximum Gasteiger partial charge on any atom is 0.0968 e. The highest BCUT2D eigenvalue weighted by Gasteiger charge is 2.17. The first-order chi connectivity index (χ1) is 7.86. The third-order valence-corrected chi connectivity index (χ3v) is 3.16. The van der Waals surface area contributed by atoms with E-state index in [0.29, 0.717) is 5.92 Å². The van der Waals surface area contributed by atoms with Crippen molar-refractivity contribution >= 4 is 5.84 Å². The Hall–Kier alpha value is -1.38. The average Bonchev–Trinajstić information content (AvgIpc) is 2.84. The van der Waals surface area contributed by atoms with Gasteiger partial charge in [0, 0.05) is 30.8 Å². The van der Waals surface area contributed by atoms with Gasteiger partial charge in [-0.15, -0.1) is 0 Å². The van der Waals surface area contributed by atoms with Crippen molar-refractivity contribution in [1.29, 1.82) is 0 Å². The molecule has 1 aromatic rings.